The van der Waals surface area contributed by atoms with Crippen molar-refractivity contribution in [2.45, 2.75) is 19.5 Å². The standard InChI is InChI=1S/C15H18F3N3.HI/c1-3-10-20-14(19-4-2)21-11-9-12-5-7-13(8-6-12)15(16,17)18;/h1,5-8H,4,9-11H2,2H3,(H2,19,20,21);1H. The van der Waals surface area contributed by atoms with E-state index in [1.165, 1.54) is 12.1 Å². The van der Waals surface area contributed by atoms with E-state index in [1.54, 1.807) is 0 Å². The van der Waals surface area contributed by atoms with E-state index in [-0.39, 0.29) is 24.0 Å². The van der Waals surface area contributed by atoms with E-state index in [1.807, 2.05) is 6.92 Å². The third-order valence-electron chi connectivity index (χ3n) is 2.65. The number of alkyl halides is 3. The fourth-order valence-corrected chi connectivity index (χ4v) is 1.63. The fourth-order valence-electron chi connectivity index (χ4n) is 1.63. The summed E-state index contributed by atoms with van der Waals surface area (Å²) in [5, 5.41) is 5.97. The molecule has 0 saturated heterocycles. The monoisotopic (exact) mass is 425 g/mol. The molecule has 0 heterocycles. The van der Waals surface area contributed by atoms with Crippen LogP contribution in [0.2, 0.25) is 0 Å². The molecule has 7 heteroatoms. The topological polar surface area (TPSA) is 36.4 Å². The van der Waals surface area contributed by atoms with Crippen molar-refractivity contribution < 1.29 is 13.2 Å². The summed E-state index contributed by atoms with van der Waals surface area (Å²) in [6.07, 6.45) is 1.42. The third-order valence-corrected chi connectivity index (χ3v) is 2.65. The third kappa shape index (κ3) is 7.54. The average Bonchev–Trinajstić information content (AvgIpc) is 2.44. The summed E-state index contributed by atoms with van der Waals surface area (Å²) < 4.78 is 37.3. The predicted octanol–water partition coefficient (Wildman–Crippen LogP) is 3.05. The van der Waals surface area contributed by atoms with Gasteiger partial charge in [-0.2, -0.15) is 13.2 Å². The van der Waals surface area contributed by atoms with E-state index >= 15 is 0 Å². The number of hydrogen-bond acceptors (Lipinski definition) is 1. The SMILES string of the molecule is C#CCNC(=NCCc1ccc(C(F)(F)F)cc1)NCC.I. The number of nitrogens with one attached hydrogen (secondary N) is 2. The Morgan fingerprint density at radius 2 is 1.86 bits per heavy atom. The summed E-state index contributed by atoms with van der Waals surface area (Å²) in [6, 6.07) is 5.11. The van der Waals surface area contributed by atoms with Crippen molar-refractivity contribution in [1.29, 1.82) is 0 Å². The quantitative estimate of drug-likeness (QED) is 0.330. The highest BCUT2D eigenvalue weighted by molar-refractivity contribution is 14.0. The van der Waals surface area contributed by atoms with Gasteiger partial charge in [0.05, 0.1) is 12.1 Å². The highest BCUT2D eigenvalue weighted by Crippen LogP contribution is 2.29. The molecule has 2 N–H and O–H groups in total. The molecule has 0 aliphatic rings. The zero-order valence-electron chi connectivity index (χ0n) is 12.2. The van der Waals surface area contributed by atoms with Crippen molar-refractivity contribution >= 4 is 29.9 Å². The lowest BCUT2D eigenvalue weighted by atomic mass is 10.1. The molecule has 0 aliphatic heterocycles. The van der Waals surface area contributed by atoms with Crippen LogP contribution in [0, 0.1) is 12.3 Å². The van der Waals surface area contributed by atoms with Gasteiger partial charge in [0.25, 0.3) is 0 Å². The first-order valence-electron chi connectivity index (χ1n) is 6.59. The van der Waals surface area contributed by atoms with Crippen molar-refractivity contribution in [2.24, 2.45) is 4.99 Å². The molecule has 1 aromatic carbocycles. The minimum atomic E-state index is -4.30. The lowest BCUT2D eigenvalue weighted by Crippen LogP contribution is -2.37. The van der Waals surface area contributed by atoms with Crippen LogP contribution in [-0.4, -0.2) is 25.6 Å². The van der Waals surface area contributed by atoms with Crippen LogP contribution in [0.3, 0.4) is 0 Å². The lowest BCUT2D eigenvalue weighted by Gasteiger charge is -2.09. The number of hydrogen-bond donors (Lipinski definition) is 2. The molecule has 0 atom stereocenters. The minimum absolute atomic E-state index is 0. The predicted molar refractivity (Wildman–Crippen MR) is 93.4 cm³/mol. The van der Waals surface area contributed by atoms with Crippen LogP contribution in [0.15, 0.2) is 29.3 Å². The van der Waals surface area contributed by atoms with Gasteiger partial charge in [-0.05, 0) is 31.0 Å². The van der Waals surface area contributed by atoms with E-state index in [0.717, 1.165) is 17.7 Å². The molecule has 0 unspecified atom stereocenters. The van der Waals surface area contributed by atoms with Crippen molar-refractivity contribution in [3.63, 3.8) is 0 Å². The van der Waals surface area contributed by atoms with Crippen molar-refractivity contribution in [3.05, 3.63) is 35.4 Å². The van der Waals surface area contributed by atoms with E-state index in [4.69, 9.17) is 6.42 Å². The average molecular weight is 425 g/mol. The van der Waals surface area contributed by atoms with Crippen LogP contribution in [0.4, 0.5) is 13.2 Å². The summed E-state index contributed by atoms with van der Waals surface area (Å²) in [6.45, 7) is 3.47. The number of halogens is 4. The largest absolute Gasteiger partial charge is 0.416 e. The molecular formula is C15H19F3IN3. The molecule has 1 aromatic rings. The summed E-state index contributed by atoms with van der Waals surface area (Å²) in [7, 11) is 0. The summed E-state index contributed by atoms with van der Waals surface area (Å²) >= 11 is 0. The molecule has 0 spiro atoms. The summed E-state index contributed by atoms with van der Waals surface area (Å²) in [4.78, 5) is 4.29. The molecular weight excluding hydrogens is 406 g/mol. The Morgan fingerprint density at radius 1 is 1.23 bits per heavy atom. The number of nitrogens with zero attached hydrogens (tertiary/aromatic N) is 1. The molecule has 0 saturated carbocycles. The van der Waals surface area contributed by atoms with Gasteiger partial charge < -0.3 is 10.6 Å². The van der Waals surface area contributed by atoms with Gasteiger partial charge in [0.1, 0.15) is 0 Å². The Morgan fingerprint density at radius 3 is 2.36 bits per heavy atom. The Kier molecular flexibility index (Phi) is 9.65. The van der Waals surface area contributed by atoms with Gasteiger partial charge >= 0.3 is 6.18 Å². The van der Waals surface area contributed by atoms with Crippen LogP contribution in [0.1, 0.15) is 18.1 Å². The zero-order valence-corrected chi connectivity index (χ0v) is 14.5. The van der Waals surface area contributed by atoms with Gasteiger partial charge in [0, 0.05) is 13.1 Å². The maximum atomic E-state index is 12.4. The van der Waals surface area contributed by atoms with E-state index in [9.17, 15) is 13.2 Å². The van der Waals surface area contributed by atoms with Gasteiger partial charge in [-0.1, -0.05) is 18.1 Å². The number of aliphatic imine (C=N–C) groups is 1. The summed E-state index contributed by atoms with van der Waals surface area (Å²) in [5.41, 5.74) is 0.165. The molecule has 122 valence electrons. The zero-order chi connectivity index (χ0) is 15.7. The van der Waals surface area contributed by atoms with Crippen molar-refractivity contribution in [1.82, 2.24) is 10.6 Å². The second-order valence-electron chi connectivity index (χ2n) is 4.26. The second kappa shape index (κ2) is 10.3. The van der Waals surface area contributed by atoms with Crippen LogP contribution in [0.5, 0.6) is 0 Å². The van der Waals surface area contributed by atoms with Crippen molar-refractivity contribution in [3.8, 4) is 12.3 Å². The van der Waals surface area contributed by atoms with Gasteiger partial charge in [-0.25, -0.2) is 0 Å². The molecule has 0 bridgehead atoms. The maximum absolute atomic E-state index is 12.4. The Bertz CT molecular complexity index is 504. The second-order valence-corrected chi connectivity index (χ2v) is 4.26. The Hall–Kier alpha value is -1.43. The van der Waals surface area contributed by atoms with Crippen LogP contribution in [0.25, 0.3) is 0 Å². The van der Waals surface area contributed by atoms with Gasteiger partial charge in [-0.15, -0.1) is 30.4 Å². The molecule has 22 heavy (non-hydrogen) atoms. The Balaban J connectivity index is 0.00000441. The molecule has 0 amide bonds. The smallest absolute Gasteiger partial charge is 0.357 e. The molecule has 3 nitrogen and oxygen atoms in total. The highest BCUT2D eigenvalue weighted by Gasteiger charge is 2.29. The van der Waals surface area contributed by atoms with Gasteiger partial charge in [0.2, 0.25) is 0 Å². The number of guanidine groups is 1. The van der Waals surface area contributed by atoms with Crippen LogP contribution in [-0.2, 0) is 12.6 Å². The molecule has 0 aromatic heterocycles. The maximum Gasteiger partial charge on any atom is 0.416 e. The molecule has 0 fully saturated rings. The fraction of sp³-hybridized carbons (Fsp3) is 0.400. The van der Waals surface area contributed by atoms with E-state index in [2.05, 4.69) is 21.5 Å². The number of benzene rings is 1. The number of terminal acetylenes is 1. The van der Waals surface area contributed by atoms with Gasteiger partial charge in [0.15, 0.2) is 5.96 Å². The normalized spacial score (nSPS) is 11.3. The van der Waals surface area contributed by atoms with Crippen molar-refractivity contribution in [2.75, 3.05) is 19.6 Å². The van der Waals surface area contributed by atoms with Crippen LogP contribution < -0.4 is 10.6 Å². The van der Waals surface area contributed by atoms with Crippen LogP contribution >= 0.6 is 24.0 Å². The molecule has 0 radical (unpaired) electrons. The Labute approximate surface area is 145 Å². The molecule has 1 rings (SSSR count). The first-order valence-corrected chi connectivity index (χ1v) is 6.59. The van der Waals surface area contributed by atoms with E-state index < -0.39 is 11.7 Å². The number of rotatable bonds is 5. The van der Waals surface area contributed by atoms with Gasteiger partial charge in [-0.3, -0.25) is 4.99 Å². The molecule has 0 aliphatic carbocycles. The van der Waals surface area contributed by atoms with E-state index in [0.29, 0.717) is 32.0 Å². The highest BCUT2D eigenvalue weighted by atomic mass is 127. The first-order chi connectivity index (χ1) is 9.97. The lowest BCUT2D eigenvalue weighted by molar-refractivity contribution is -0.137. The summed E-state index contributed by atoms with van der Waals surface area (Å²) in [5.74, 6) is 3.05. The first kappa shape index (κ1) is 20.6. The minimum Gasteiger partial charge on any atom is -0.357 e.